The van der Waals surface area contributed by atoms with E-state index in [0.717, 1.165) is 0 Å². The number of nitrogens with two attached hydrogens (primary N) is 1. The normalized spacial score (nSPS) is 10.8. The molecule has 0 saturated carbocycles. The summed E-state index contributed by atoms with van der Waals surface area (Å²) in [5.41, 5.74) is 5.35. The van der Waals surface area contributed by atoms with Crippen molar-refractivity contribution in [2.24, 2.45) is 0 Å². The molecule has 66 valence electrons. The Bertz CT molecular complexity index is 304. The fraction of sp³-hybridized carbons (Fsp3) is 0.167. The molecule has 0 amide bonds. The van der Waals surface area contributed by atoms with Crippen molar-refractivity contribution in [3.8, 4) is 0 Å². The van der Waals surface area contributed by atoms with Crippen molar-refractivity contribution in [1.29, 1.82) is 0 Å². The predicted octanol–water partition coefficient (Wildman–Crippen LogP) is 3.13. The zero-order chi connectivity index (χ0) is 9.30. The van der Waals surface area contributed by atoms with Crippen molar-refractivity contribution in [2.75, 3.05) is 5.73 Å². The molecule has 1 rings (SSSR count). The molecule has 0 aliphatic carbocycles. The Morgan fingerprint density at radius 3 is 2.50 bits per heavy atom. The third kappa shape index (κ3) is 1.74. The minimum Gasteiger partial charge on any atom is -0.397 e. The number of pyridine rings is 1. The van der Waals surface area contributed by atoms with Crippen molar-refractivity contribution in [3.05, 3.63) is 20.8 Å². The van der Waals surface area contributed by atoms with Crippen molar-refractivity contribution >= 4 is 37.5 Å². The molecule has 2 nitrogen and oxygen atoms in total. The van der Waals surface area contributed by atoms with E-state index in [1.165, 1.54) is 6.20 Å². The third-order valence-electron chi connectivity index (χ3n) is 1.24. The van der Waals surface area contributed by atoms with Crippen molar-refractivity contribution in [3.63, 3.8) is 0 Å². The lowest BCUT2D eigenvalue weighted by Gasteiger charge is -2.05. The minimum absolute atomic E-state index is 0.145. The fourth-order valence-electron chi connectivity index (χ4n) is 0.647. The lowest BCUT2D eigenvalue weighted by molar-refractivity contribution is 0.145. The van der Waals surface area contributed by atoms with Gasteiger partial charge in [0.15, 0.2) is 0 Å². The summed E-state index contributed by atoms with van der Waals surface area (Å²) < 4.78 is 25.0. The van der Waals surface area contributed by atoms with Gasteiger partial charge >= 0.3 is 0 Å². The van der Waals surface area contributed by atoms with Gasteiger partial charge in [-0.05, 0) is 31.9 Å². The first-order valence-corrected chi connectivity index (χ1v) is 4.50. The molecule has 0 fully saturated rings. The molecule has 1 heterocycles. The standard InChI is InChI=1S/C6H4Br2F2N2/c7-2-1-12-5(6(9)10)3(8)4(2)11/h1,6H,(H2,11,12). The summed E-state index contributed by atoms with van der Waals surface area (Å²) in [6.45, 7) is 0. The molecule has 6 heteroatoms. The van der Waals surface area contributed by atoms with E-state index in [2.05, 4.69) is 36.8 Å². The van der Waals surface area contributed by atoms with Crippen molar-refractivity contribution < 1.29 is 8.78 Å². The van der Waals surface area contributed by atoms with Crippen LogP contribution in [-0.4, -0.2) is 4.98 Å². The van der Waals surface area contributed by atoms with Gasteiger partial charge in [-0.15, -0.1) is 0 Å². The Labute approximate surface area is 84.4 Å². The highest BCUT2D eigenvalue weighted by Crippen LogP contribution is 2.33. The second-order valence-electron chi connectivity index (χ2n) is 2.02. The lowest BCUT2D eigenvalue weighted by atomic mass is 10.3. The van der Waals surface area contributed by atoms with Crippen LogP contribution in [0.5, 0.6) is 0 Å². The van der Waals surface area contributed by atoms with Crippen LogP contribution in [0.2, 0.25) is 0 Å². The Morgan fingerprint density at radius 2 is 2.00 bits per heavy atom. The number of nitrogens with zero attached hydrogens (tertiary/aromatic N) is 1. The summed E-state index contributed by atoms with van der Waals surface area (Å²) >= 11 is 6.00. The number of anilines is 1. The van der Waals surface area contributed by atoms with Crippen LogP contribution >= 0.6 is 31.9 Å². The molecule has 1 aromatic heterocycles. The largest absolute Gasteiger partial charge is 0.397 e. The highest BCUT2D eigenvalue weighted by molar-refractivity contribution is 9.11. The number of aromatic nitrogens is 1. The van der Waals surface area contributed by atoms with Gasteiger partial charge in [0.1, 0.15) is 5.69 Å². The molecule has 1 aromatic rings. The molecule has 0 aromatic carbocycles. The molecule has 0 radical (unpaired) electrons. The van der Waals surface area contributed by atoms with E-state index in [4.69, 9.17) is 5.73 Å². The molecule has 0 spiro atoms. The molecule has 0 unspecified atom stereocenters. The topological polar surface area (TPSA) is 38.9 Å². The average Bonchev–Trinajstić information content (AvgIpc) is 2.00. The quantitative estimate of drug-likeness (QED) is 0.865. The van der Waals surface area contributed by atoms with Gasteiger partial charge in [0, 0.05) is 6.20 Å². The number of halogens is 4. The zero-order valence-electron chi connectivity index (χ0n) is 5.69. The second-order valence-corrected chi connectivity index (χ2v) is 3.67. The first kappa shape index (κ1) is 9.85. The van der Waals surface area contributed by atoms with Gasteiger partial charge in [-0.1, -0.05) is 0 Å². The monoisotopic (exact) mass is 300 g/mol. The van der Waals surface area contributed by atoms with E-state index in [1.54, 1.807) is 0 Å². The van der Waals surface area contributed by atoms with E-state index in [-0.39, 0.29) is 15.9 Å². The lowest BCUT2D eigenvalue weighted by Crippen LogP contribution is -1.97. The van der Waals surface area contributed by atoms with Crippen LogP contribution in [0.3, 0.4) is 0 Å². The molecule has 0 aliphatic rings. The Balaban J connectivity index is 3.27. The van der Waals surface area contributed by atoms with E-state index in [9.17, 15) is 8.78 Å². The number of hydrogen-bond acceptors (Lipinski definition) is 2. The van der Waals surface area contributed by atoms with Crippen LogP contribution in [0.4, 0.5) is 14.5 Å². The highest BCUT2D eigenvalue weighted by Gasteiger charge is 2.16. The maximum atomic E-state index is 12.2. The van der Waals surface area contributed by atoms with E-state index >= 15 is 0 Å². The Hall–Kier alpha value is -0.230. The van der Waals surface area contributed by atoms with Gasteiger partial charge in [-0.3, -0.25) is 4.98 Å². The molecular weight excluding hydrogens is 298 g/mol. The number of rotatable bonds is 1. The number of hydrogen-bond donors (Lipinski definition) is 1. The maximum absolute atomic E-state index is 12.2. The van der Waals surface area contributed by atoms with Gasteiger partial charge in [-0.2, -0.15) is 0 Å². The molecule has 0 atom stereocenters. The van der Waals surface area contributed by atoms with Crippen molar-refractivity contribution in [1.82, 2.24) is 4.98 Å². The van der Waals surface area contributed by atoms with Crippen LogP contribution in [0, 0.1) is 0 Å². The van der Waals surface area contributed by atoms with Gasteiger partial charge in [0.05, 0.1) is 14.6 Å². The van der Waals surface area contributed by atoms with Crippen LogP contribution in [0.1, 0.15) is 12.1 Å². The van der Waals surface area contributed by atoms with Crippen LogP contribution in [0.15, 0.2) is 15.1 Å². The number of nitrogen functional groups attached to an aromatic ring is 1. The summed E-state index contributed by atoms with van der Waals surface area (Å²) in [7, 11) is 0. The SMILES string of the molecule is Nc1c(Br)cnc(C(F)F)c1Br. The van der Waals surface area contributed by atoms with E-state index in [1.807, 2.05) is 0 Å². The van der Waals surface area contributed by atoms with Crippen LogP contribution < -0.4 is 5.73 Å². The maximum Gasteiger partial charge on any atom is 0.281 e. The summed E-state index contributed by atoms with van der Waals surface area (Å²) in [6.07, 6.45) is -1.36. The molecule has 0 aliphatic heterocycles. The van der Waals surface area contributed by atoms with Crippen LogP contribution in [-0.2, 0) is 0 Å². The Morgan fingerprint density at radius 1 is 1.42 bits per heavy atom. The number of alkyl halides is 2. The average molecular weight is 302 g/mol. The molecule has 0 saturated heterocycles. The fourth-order valence-corrected chi connectivity index (χ4v) is 1.70. The van der Waals surface area contributed by atoms with Gasteiger partial charge in [-0.25, -0.2) is 8.78 Å². The van der Waals surface area contributed by atoms with Crippen molar-refractivity contribution in [2.45, 2.75) is 6.43 Å². The Kier molecular flexibility index (Phi) is 3.00. The minimum atomic E-state index is -2.62. The van der Waals surface area contributed by atoms with E-state index < -0.39 is 6.43 Å². The summed E-state index contributed by atoms with van der Waals surface area (Å²) in [4.78, 5) is 3.51. The third-order valence-corrected chi connectivity index (χ3v) is 2.71. The molecule has 2 N–H and O–H groups in total. The van der Waals surface area contributed by atoms with E-state index in [0.29, 0.717) is 4.47 Å². The first-order valence-electron chi connectivity index (χ1n) is 2.91. The predicted molar refractivity (Wildman–Crippen MR) is 49.0 cm³/mol. The van der Waals surface area contributed by atoms with Crippen LogP contribution in [0.25, 0.3) is 0 Å². The zero-order valence-corrected chi connectivity index (χ0v) is 8.86. The highest BCUT2D eigenvalue weighted by atomic mass is 79.9. The summed E-state index contributed by atoms with van der Waals surface area (Å²) in [5, 5.41) is 0. The van der Waals surface area contributed by atoms with Gasteiger partial charge in [0.2, 0.25) is 0 Å². The van der Waals surface area contributed by atoms with Gasteiger partial charge < -0.3 is 5.73 Å². The summed E-state index contributed by atoms with van der Waals surface area (Å²) in [6, 6.07) is 0. The smallest absolute Gasteiger partial charge is 0.281 e. The molecule has 12 heavy (non-hydrogen) atoms. The molecular formula is C6H4Br2F2N2. The summed E-state index contributed by atoms with van der Waals surface area (Å²) in [5.74, 6) is 0. The second kappa shape index (κ2) is 3.66. The van der Waals surface area contributed by atoms with Gasteiger partial charge in [0.25, 0.3) is 6.43 Å². The molecule has 0 bridgehead atoms. The first-order chi connectivity index (χ1) is 5.54.